The van der Waals surface area contributed by atoms with Crippen molar-refractivity contribution < 1.29 is 27.8 Å². The number of nitrogens with zero attached hydrogens (tertiary/aromatic N) is 1. The Kier molecular flexibility index (Phi) is 7.70. The summed E-state index contributed by atoms with van der Waals surface area (Å²) in [4.78, 5) is 13.4. The van der Waals surface area contributed by atoms with Crippen molar-refractivity contribution in [3.8, 4) is 5.75 Å². The van der Waals surface area contributed by atoms with Gasteiger partial charge in [0.2, 0.25) is 0 Å². The van der Waals surface area contributed by atoms with Crippen molar-refractivity contribution in [2.45, 2.75) is 70.6 Å². The minimum absolute atomic E-state index is 0.0583. The van der Waals surface area contributed by atoms with Crippen LogP contribution in [-0.2, 0) is 17.4 Å². The number of fused-ring (bicyclic) bond motifs is 1. The van der Waals surface area contributed by atoms with Crippen molar-refractivity contribution in [1.29, 1.82) is 0 Å². The minimum atomic E-state index is -4.49. The number of benzene rings is 2. The number of rotatable bonds is 7. The third-order valence-electron chi connectivity index (χ3n) is 7.46. The molecule has 1 heterocycles. The molecule has 2 fully saturated rings. The summed E-state index contributed by atoms with van der Waals surface area (Å²) >= 11 is 0. The van der Waals surface area contributed by atoms with E-state index in [1.165, 1.54) is 6.07 Å². The van der Waals surface area contributed by atoms with Crippen molar-refractivity contribution in [3.63, 3.8) is 0 Å². The third kappa shape index (κ3) is 6.04. The van der Waals surface area contributed by atoms with E-state index in [2.05, 4.69) is 11.8 Å². The first-order valence-electron chi connectivity index (χ1n) is 12.5. The predicted octanol–water partition coefficient (Wildman–Crippen LogP) is 6.55. The van der Waals surface area contributed by atoms with Crippen molar-refractivity contribution in [2.24, 2.45) is 11.8 Å². The maximum Gasteiger partial charge on any atom is 0.420 e. The molecule has 2 aromatic carbocycles. The van der Waals surface area contributed by atoms with Crippen LogP contribution in [0.5, 0.6) is 5.75 Å². The second kappa shape index (κ2) is 10.5. The van der Waals surface area contributed by atoms with Crippen LogP contribution in [-0.4, -0.2) is 41.7 Å². The molecule has 1 saturated carbocycles. The number of ether oxygens (including phenoxy) is 1. The fourth-order valence-corrected chi connectivity index (χ4v) is 5.34. The summed E-state index contributed by atoms with van der Waals surface area (Å²) in [6, 6.07) is 8.46. The Morgan fingerprint density at radius 1 is 1.06 bits per heavy atom. The smallest absolute Gasteiger partial charge is 0.420 e. The molecule has 1 aliphatic heterocycles. The zero-order valence-corrected chi connectivity index (χ0v) is 19.7. The molecule has 1 saturated heterocycles. The first-order valence-corrected chi connectivity index (χ1v) is 12.5. The average molecular weight is 478 g/mol. The summed E-state index contributed by atoms with van der Waals surface area (Å²) < 4.78 is 48.1. The van der Waals surface area contributed by atoms with Gasteiger partial charge < -0.3 is 14.7 Å². The van der Waals surface area contributed by atoms with Crippen LogP contribution < -0.4 is 4.74 Å². The van der Waals surface area contributed by atoms with Gasteiger partial charge >= 0.3 is 12.1 Å². The number of aliphatic carboxylic acids is 1. The molecule has 4 nitrogen and oxygen atoms in total. The van der Waals surface area contributed by atoms with Gasteiger partial charge in [-0.1, -0.05) is 31.2 Å². The topological polar surface area (TPSA) is 49.8 Å². The summed E-state index contributed by atoms with van der Waals surface area (Å²) in [5.41, 5.74) is 0.340. The highest BCUT2D eigenvalue weighted by molar-refractivity contribution is 5.89. The van der Waals surface area contributed by atoms with E-state index in [4.69, 9.17) is 9.84 Å². The molecule has 1 N–H and O–H groups in total. The molecule has 4 rings (SSSR count). The van der Waals surface area contributed by atoms with E-state index in [9.17, 15) is 18.0 Å². The quantitative estimate of drug-likeness (QED) is 0.492. The fraction of sp³-hybridized carbons (Fsp3) is 0.593. The van der Waals surface area contributed by atoms with Crippen LogP contribution in [0.25, 0.3) is 10.8 Å². The van der Waals surface area contributed by atoms with Gasteiger partial charge in [-0.25, -0.2) is 0 Å². The molecule has 0 radical (unpaired) electrons. The fourth-order valence-electron chi connectivity index (χ4n) is 5.34. The van der Waals surface area contributed by atoms with Gasteiger partial charge in [0, 0.05) is 0 Å². The monoisotopic (exact) mass is 477 g/mol. The highest BCUT2D eigenvalue weighted by atomic mass is 19.4. The first-order chi connectivity index (χ1) is 16.2. The molecule has 34 heavy (non-hydrogen) atoms. The van der Waals surface area contributed by atoms with Crippen molar-refractivity contribution in [1.82, 2.24) is 4.90 Å². The number of alkyl halides is 3. The lowest BCUT2D eigenvalue weighted by Gasteiger charge is -2.29. The summed E-state index contributed by atoms with van der Waals surface area (Å²) in [5.74, 6) is -0.406. The Morgan fingerprint density at radius 3 is 2.41 bits per heavy atom. The van der Waals surface area contributed by atoms with Gasteiger partial charge in [-0.2, -0.15) is 13.2 Å². The number of carboxylic acids is 1. The second-order valence-corrected chi connectivity index (χ2v) is 10.0. The third-order valence-corrected chi connectivity index (χ3v) is 7.46. The van der Waals surface area contributed by atoms with Gasteiger partial charge in [-0.3, -0.25) is 4.79 Å². The lowest BCUT2D eigenvalue weighted by Crippen LogP contribution is -2.36. The highest BCUT2D eigenvalue weighted by Crippen LogP contribution is 2.42. The van der Waals surface area contributed by atoms with E-state index in [1.807, 2.05) is 6.07 Å². The van der Waals surface area contributed by atoms with Crippen LogP contribution in [0.15, 0.2) is 30.3 Å². The standard InChI is InChI=1S/C27H34F3NO3/c1-18-4-8-22(9-5-18)34-24-11-7-21-17-19(6-10-23(21)25(24)27(28,29)30)3-2-14-31-15-12-20(13-16-31)26(32)33/h6-7,10-11,17-18,20,22H,2-5,8-9,12-16H2,1H3,(H,32,33). The molecule has 0 spiro atoms. The van der Waals surface area contributed by atoms with Crippen LogP contribution in [0.2, 0.25) is 0 Å². The molecule has 7 heteroatoms. The Morgan fingerprint density at radius 2 is 1.76 bits per heavy atom. The number of carbonyl (C=O) groups is 1. The number of hydrogen-bond acceptors (Lipinski definition) is 3. The molecular weight excluding hydrogens is 443 g/mol. The molecule has 2 aliphatic rings. The van der Waals surface area contributed by atoms with Gasteiger partial charge in [-0.05, 0) is 99.3 Å². The van der Waals surface area contributed by atoms with Gasteiger partial charge in [0.1, 0.15) is 11.3 Å². The molecular formula is C27H34F3NO3. The molecule has 186 valence electrons. The van der Waals surface area contributed by atoms with E-state index in [0.717, 1.165) is 63.7 Å². The minimum Gasteiger partial charge on any atom is -0.490 e. The molecule has 0 aromatic heterocycles. The SMILES string of the molecule is CC1CCC(Oc2ccc3cc(CCCN4CCC(C(=O)O)CC4)ccc3c2C(F)(F)F)CC1. The van der Waals surface area contributed by atoms with E-state index < -0.39 is 17.7 Å². The Balaban J connectivity index is 1.42. The number of likely N-dealkylation sites (tertiary alicyclic amines) is 1. The maximum absolute atomic E-state index is 14.1. The summed E-state index contributed by atoms with van der Waals surface area (Å²) in [7, 11) is 0. The Labute approximate surface area is 199 Å². The number of halogens is 3. The van der Waals surface area contributed by atoms with Crippen LogP contribution in [0.4, 0.5) is 13.2 Å². The van der Waals surface area contributed by atoms with Crippen molar-refractivity contribution in [3.05, 3.63) is 41.5 Å². The molecule has 0 amide bonds. The van der Waals surface area contributed by atoms with Gasteiger partial charge in [0.25, 0.3) is 0 Å². The van der Waals surface area contributed by atoms with Crippen molar-refractivity contribution in [2.75, 3.05) is 19.6 Å². The van der Waals surface area contributed by atoms with E-state index >= 15 is 0 Å². The number of piperidine rings is 1. The molecule has 0 bridgehead atoms. The second-order valence-electron chi connectivity index (χ2n) is 10.0. The maximum atomic E-state index is 14.1. The summed E-state index contributed by atoms with van der Waals surface area (Å²) in [5, 5.41) is 9.89. The Hall–Kier alpha value is -2.28. The number of carboxylic acid groups (broad SMARTS) is 1. The predicted molar refractivity (Wildman–Crippen MR) is 126 cm³/mol. The Bertz CT molecular complexity index is 991. The molecule has 0 unspecified atom stereocenters. The zero-order valence-electron chi connectivity index (χ0n) is 19.7. The van der Waals surface area contributed by atoms with Crippen LogP contribution in [0.3, 0.4) is 0 Å². The number of hydrogen-bond donors (Lipinski definition) is 1. The summed E-state index contributed by atoms with van der Waals surface area (Å²) in [6.07, 6.45) is 1.93. The van der Waals surface area contributed by atoms with E-state index in [0.29, 0.717) is 24.1 Å². The van der Waals surface area contributed by atoms with Gasteiger partial charge in [0.15, 0.2) is 0 Å². The van der Waals surface area contributed by atoms with Gasteiger partial charge in [-0.15, -0.1) is 0 Å². The van der Waals surface area contributed by atoms with Crippen LogP contribution in [0.1, 0.15) is 63.0 Å². The molecule has 0 atom stereocenters. The van der Waals surface area contributed by atoms with Crippen LogP contribution >= 0.6 is 0 Å². The lowest BCUT2D eigenvalue weighted by molar-refractivity contribution is -0.143. The van der Waals surface area contributed by atoms with Gasteiger partial charge in [0.05, 0.1) is 12.0 Å². The highest BCUT2D eigenvalue weighted by Gasteiger charge is 2.37. The van der Waals surface area contributed by atoms with Crippen molar-refractivity contribution >= 4 is 16.7 Å². The molecule has 1 aliphatic carbocycles. The van der Waals surface area contributed by atoms with Crippen LogP contribution in [0, 0.1) is 11.8 Å². The zero-order chi connectivity index (χ0) is 24.3. The lowest BCUT2D eigenvalue weighted by atomic mass is 9.89. The summed E-state index contributed by atoms with van der Waals surface area (Å²) in [6.45, 7) is 4.61. The first kappa shape index (κ1) is 24.8. The van der Waals surface area contributed by atoms with E-state index in [-0.39, 0.29) is 23.2 Å². The normalized spacial score (nSPS) is 22.7. The number of aryl methyl sites for hydroxylation is 1. The largest absolute Gasteiger partial charge is 0.490 e. The molecule has 2 aromatic rings. The van der Waals surface area contributed by atoms with E-state index in [1.54, 1.807) is 18.2 Å². The average Bonchev–Trinajstić information content (AvgIpc) is 2.80.